The van der Waals surface area contributed by atoms with Crippen molar-refractivity contribution in [2.75, 3.05) is 6.61 Å². The highest BCUT2D eigenvalue weighted by Crippen LogP contribution is 2.29. The summed E-state index contributed by atoms with van der Waals surface area (Å²) in [5.74, 6) is 0.230. The topological polar surface area (TPSA) is 44.1 Å². The summed E-state index contributed by atoms with van der Waals surface area (Å²) in [5.41, 5.74) is 1.75. The molecule has 0 N–H and O–H groups in total. The number of rotatable bonds is 4. The van der Waals surface area contributed by atoms with Crippen molar-refractivity contribution in [3.05, 3.63) is 29.0 Å². The molecule has 0 spiro atoms. The molecule has 1 heterocycles. The molecule has 0 aliphatic carbocycles. The molecule has 0 aliphatic rings. The van der Waals surface area contributed by atoms with Crippen LogP contribution in [0.15, 0.2) is 18.2 Å². The van der Waals surface area contributed by atoms with E-state index in [0.717, 1.165) is 16.9 Å². The number of hydrogen-bond donors (Lipinski definition) is 0. The van der Waals surface area contributed by atoms with Crippen LogP contribution in [0.3, 0.4) is 0 Å². The smallest absolute Gasteiger partial charge is 0.316 e. The molecule has 1 aromatic heterocycles. The Bertz CT molecular complexity index is 634. The molecule has 0 aliphatic heterocycles. The molecule has 0 radical (unpaired) electrons. The Hall–Kier alpha value is -1.55. The molecule has 20 heavy (non-hydrogen) atoms. The highest BCUT2D eigenvalue weighted by molar-refractivity contribution is 6.31. The number of halogens is 1. The molecule has 0 bridgehead atoms. The Morgan fingerprint density at radius 1 is 1.45 bits per heavy atom. The van der Waals surface area contributed by atoms with Gasteiger partial charge in [0.1, 0.15) is 11.7 Å². The third kappa shape index (κ3) is 2.66. The van der Waals surface area contributed by atoms with Crippen molar-refractivity contribution in [3.8, 4) is 0 Å². The number of imidazole rings is 1. The van der Waals surface area contributed by atoms with E-state index in [4.69, 9.17) is 16.3 Å². The quantitative estimate of drug-likeness (QED) is 0.810. The van der Waals surface area contributed by atoms with Gasteiger partial charge >= 0.3 is 5.97 Å². The van der Waals surface area contributed by atoms with Gasteiger partial charge in [-0.3, -0.25) is 4.79 Å². The van der Waals surface area contributed by atoms with Crippen LogP contribution < -0.4 is 0 Å². The molecule has 2 rings (SSSR count). The van der Waals surface area contributed by atoms with Crippen LogP contribution in [0.25, 0.3) is 11.0 Å². The summed E-state index contributed by atoms with van der Waals surface area (Å²) < 4.78 is 7.11. The van der Waals surface area contributed by atoms with Gasteiger partial charge in [-0.25, -0.2) is 4.98 Å². The molecule has 2 aromatic rings. The normalized spacial score (nSPS) is 12.9. The van der Waals surface area contributed by atoms with Crippen molar-refractivity contribution in [1.29, 1.82) is 0 Å². The highest BCUT2D eigenvalue weighted by Gasteiger charge is 2.30. The first-order valence-corrected chi connectivity index (χ1v) is 7.12. The lowest BCUT2D eigenvalue weighted by Gasteiger charge is -2.18. The number of carbonyl (C=O) groups is 1. The number of carbonyl (C=O) groups excluding carboxylic acids is 1. The van der Waals surface area contributed by atoms with E-state index in [9.17, 15) is 4.79 Å². The molecule has 4 nitrogen and oxygen atoms in total. The van der Waals surface area contributed by atoms with E-state index in [1.165, 1.54) is 0 Å². The molecule has 0 saturated carbocycles. The first kappa shape index (κ1) is 14.9. The third-order valence-corrected chi connectivity index (χ3v) is 3.60. The number of benzene rings is 1. The van der Waals surface area contributed by atoms with Crippen LogP contribution in [0.2, 0.25) is 5.02 Å². The van der Waals surface area contributed by atoms with Crippen LogP contribution >= 0.6 is 11.6 Å². The zero-order chi connectivity index (χ0) is 14.9. The number of aryl methyl sites for hydroxylation is 1. The molecular weight excluding hydrogens is 276 g/mol. The zero-order valence-corrected chi connectivity index (χ0v) is 12.9. The van der Waals surface area contributed by atoms with Crippen LogP contribution in [0.5, 0.6) is 0 Å². The molecule has 1 aromatic carbocycles. The molecular formula is C15H19ClN2O2. The van der Waals surface area contributed by atoms with Crippen molar-refractivity contribution < 1.29 is 9.53 Å². The van der Waals surface area contributed by atoms with Crippen LogP contribution in [-0.4, -0.2) is 22.1 Å². The van der Waals surface area contributed by atoms with Crippen LogP contribution in [0.4, 0.5) is 0 Å². The van der Waals surface area contributed by atoms with Crippen LogP contribution in [-0.2, 0) is 16.6 Å². The lowest BCUT2D eigenvalue weighted by molar-refractivity contribution is -0.146. The average Bonchev–Trinajstić information content (AvgIpc) is 2.66. The molecule has 0 fully saturated rings. The minimum absolute atomic E-state index is 0.111. The number of esters is 1. The standard InChI is InChI=1S/C15H19ClN2O2/c1-5-20-15(19)13(9(2)3)14-17-11-8-10(16)6-7-12(11)18(14)4/h6-9,13H,5H2,1-4H3. The van der Waals surface area contributed by atoms with Gasteiger partial charge in [0.25, 0.3) is 0 Å². The summed E-state index contributed by atoms with van der Waals surface area (Å²) in [7, 11) is 1.91. The fourth-order valence-electron chi connectivity index (χ4n) is 2.38. The van der Waals surface area contributed by atoms with E-state index in [1.54, 1.807) is 0 Å². The van der Waals surface area contributed by atoms with Crippen molar-refractivity contribution in [1.82, 2.24) is 9.55 Å². The first-order valence-electron chi connectivity index (χ1n) is 6.74. The van der Waals surface area contributed by atoms with E-state index in [1.807, 2.05) is 50.6 Å². The maximum absolute atomic E-state index is 12.2. The predicted octanol–water partition coefficient (Wildman–Crippen LogP) is 3.53. The van der Waals surface area contributed by atoms with Gasteiger partial charge in [-0.2, -0.15) is 0 Å². The SMILES string of the molecule is CCOC(=O)C(c1nc2cc(Cl)ccc2n1C)C(C)C. The fraction of sp³-hybridized carbons (Fsp3) is 0.467. The lowest BCUT2D eigenvalue weighted by Crippen LogP contribution is -2.23. The largest absolute Gasteiger partial charge is 0.465 e. The Morgan fingerprint density at radius 3 is 2.75 bits per heavy atom. The van der Waals surface area contributed by atoms with Crippen molar-refractivity contribution >= 4 is 28.6 Å². The number of aromatic nitrogens is 2. The van der Waals surface area contributed by atoms with Gasteiger partial charge < -0.3 is 9.30 Å². The Labute approximate surface area is 123 Å². The number of nitrogens with zero attached hydrogens (tertiary/aromatic N) is 2. The molecule has 1 atom stereocenters. The van der Waals surface area contributed by atoms with Gasteiger partial charge in [-0.05, 0) is 31.0 Å². The monoisotopic (exact) mass is 294 g/mol. The Balaban J connectivity index is 2.53. The Kier molecular flexibility index (Phi) is 4.33. The summed E-state index contributed by atoms with van der Waals surface area (Å²) >= 11 is 5.99. The van der Waals surface area contributed by atoms with E-state index < -0.39 is 0 Å². The number of fused-ring (bicyclic) bond motifs is 1. The molecule has 5 heteroatoms. The summed E-state index contributed by atoms with van der Waals surface area (Å²) in [6.45, 7) is 6.17. The third-order valence-electron chi connectivity index (χ3n) is 3.36. The van der Waals surface area contributed by atoms with Crippen molar-refractivity contribution in [2.24, 2.45) is 13.0 Å². The summed E-state index contributed by atoms with van der Waals surface area (Å²) in [6, 6.07) is 5.55. The predicted molar refractivity (Wildman–Crippen MR) is 79.9 cm³/mol. The first-order chi connectivity index (χ1) is 9.45. The van der Waals surface area contributed by atoms with Crippen LogP contribution in [0.1, 0.15) is 32.5 Å². The molecule has 0 amide bonds. The fourth-order valence-corrected chi connectivity index (χ4v) is 2.54. The summed E-state index contributed by atoms with van der Waals surface area (Å²) in [5, 5.41) is 0.638. The van der Waals surface area contributed by atoms with Gasteiger partial charge in [0.05, 0.1) is 17.6 Å². The van der Waals surface area contributed by atoms with E-state index >= 15 is 0 Å². The second-order valence-corrected chi connectivity index (χ2v) is 5.57. The second kappa shape index (κ2) is 5.83. The van der Waals surface area contributed by atoms with E-state index in [2.05, 4.69) is 4.98 Å². The molecule has 1 unspecified atom stereocenters. The van der Waals surface area contributed by atoms with Crippen molar-refractivity contribution in [2.45, 2.75) is 26.7 Å². The number of ether oxygens (including phenoxy) is 1. The van der Waals surface area contributed by atoms with E-state index in [0.29, 0.717) is 11.6 Å². The summed E-state index contributed by atoms with van der Waals surface area (Å²) in [6.07, 6.45) is 0. The number of hydrogen-bond acceptors (Lipinski definition) is 3. The zero-order valence-electron chi connectivity index (χ0n) is 12.2. The van der Waals surface area contributed by atoms with Gasteiger partial charge in [0.15, 0.2) is 0 Å². The minimum Gasteiger partial charge on any atom is -0.465 e. The molecule has 108 valence electrons. The van der Waals surface area contributed by atoms with Gasteiger partial charge in [-0.15, -0.1) is 0 Å². The van der Waals surface area contributed by atoms with Crippen molar-refractivity contribution in [3.63, 3.8) is 0 Å². The van der Waals surface area contributed by atoms with Gasteiger partial charge in [-0.1, -0.05) is 25.4 Å². The second-order valence-electron chi connectivity index (χ2n) is 5.14. The van der Waals surface area contributed by atoms with Gasteiger partial charge in [0.2, 0.25) is 0 Å². The van der Waals surface area contributed by atoms with Gasteiger partial charge in [0, 0.05) is 12.1 Å². The highest BCUT2D eigenvalue weighted by atomic mass is 35.5. The lowest BCUT2D eigenvalue weighted by atomic mass is 9.95. The van der Waals surface area contributed by atoms with Crippen LogP contribution in [0, 0.1) is 5.92 Å². The Morgan fingerprint density at radius 2 is 2.15 bits per heavy atom. The summed E-state index contributed by atoms with van der Waals surface area (Å²) in [4.78, 5) is 16.8. The maximum atomic E-state index is 12.2. The molecule has 0 saturated heterocycles. The minimum atomic E-state index is -0.369. The van der Waals surface area contributed by atoms with E-state index in [-0.39, 0.29) is 17.8 Å². The average molecular weight is 295 g/mol. The maximum Gasteiger partial charge on any atom is 0.316 e.